The molecule has 3 aromatic heterocycles. The smallest absolute Gasteiger partial charge is 0.211 e. The van der Waals surface area contributed by atoms with E-state index in [-0.39, 0.29) is 11.7 Å². The van der Waals surface area contributed by atoms with Gasteiger partial charge in [-0.05, 0) is 36.4 Å². The number of Topliss-reactive ketones (excluding diaryl/α,β-unsaturated/α-hetero) is 1. The summed E-state index contributed by atoms with van der Waals surface area (Å²) in [6.45, 7) is 0. The van der Waals surface area contributed by atoms with Gasteiger partial charge in [0.2, 0.25) is 5.13 Å². The van der Waals surface area contributed by atoms with E-state index in [1.807, 2.05) is 65.3 Å². The van der Waals surface area contributed by atoms with Crippen molar-refractivity contribution in [2.75, 3.05) is 12.4 Å². The second-order valence-electron chi connectivity index (χ2n) is 7.95. The number of fused-ring (bicyclic) bond motifs is 2. The predicted molar refractivity (Wildman–Crippen MR) is 127 cm³/mol. The molecule has 2 aromatic carbocycles. The SMILES string of the molecule is COc1cccc(Nc2nn(-c3nc4ccccc4s3)c3c2C(=O)CC(c2ccco2)C3)c1. The summed E-state index contributed by atoms with van der Waals surface area (Å²) in [5.41, 5.74) is 3.16. The maximum atomic E-state index is 13.4. The molecule has 1 atom stereocenters. The van der Waals surface area contributed by atoms with Gasteiger partial charge in [0.15, 0.2) is 11.6 Å². The molecule has 0 fully saturated rings. The molecule has 1 aliphatic carbocycles. The van der Waals surface area contributed by atoms with E-state index < -0.39 is 0 Å². The van der Waals surface area contributed by atoms with Crippen LogP contribution in [0.4, 0.5) is 11.5 Å². The van der Waals surface area contributed by atoms with Crippen LogP contribution in [-0.4, -0.2) is 27.7 Å². The quantitative estimate of drug-likeness (QED) is 0.363. The molecule has 33 heavy (non-hydrogen) atoms. The van der Waals surface area contributed by atoms with Gasteiger partial charge in [-0.2, -0.15) is 0 Å². The summed E-state index contributed by atoms with van der Waals surface area (Å²) in [6.07, 6.45) is 2.66. The monoisotopic (exact) mass is 456 g/mol. The number of thiazole rings is 1. The third kappa shape index (κ3) is 3.48. The lowest BCUT2D eigenvalue weighted by Gasteiger charge is -2.20. The Morgan fingerprint density at radius 2 is 2.03 bits per heavy atom. The molecule has 5 aromatic rings. The molecule has 0 bridgehead atoms. The Labute approximate surface area is 193 Å². The van der Waals surface area contributed by atoms with Crippen LogP contribution in [0, 0.1) is 0 Å². The molecular weight excluding hydrogens is 436 g/mol. The molecule has 7 nitrogen and oxygen atoms in total. The second-order valence-corrected chi connectivity index (χ2v) is 8.96. The largest absolute Gasteiger partial charge is 0.497 e. The topological polar surface area (TPSA) is 82.2 Å². The summed E-state index contributed by atoms with van der Waals surface area (Å²) in [5.74, 6) is 2.07. The highest BCUT2D eigenvalue weighted by Gasteiger charge is 2.35. The van der Waals surface area contributed by atoms with Gasteiger partial charge in [-0.3, -0.25) is 4.79 Å². The maximum Gasteiger partial charge on any atom is 0.211 e. The molecule has 1 N–H and O–H groups in total. The molecule has 1 aliphatic rings. The van der Waals surface area contributed by atoms with Crippen LogP contribution in [0.15, 0.2) is 71.3 Å². The minimum Gasteiger partial charge on any atom is -0.497 e. The van der Waals surface area contributed by atoms with E-state index in [1.165, 1.54) is 0 Å². The van der Waals surface area contributed by atoms with Gasteiger partial charge >= 0.3 is 0 Å². The van der Waals surface area contributed by atoms with Gasteiger partial charge in [0, 0.05) is 30.5 Å². The molecule has 3 heterocycles. The van der Waals surface area contributed by atoms with Gasteiger partial charge in [-0.25, -0.2) is 9.67 Å². The standard InChI is InChI=1S/C25H20N4O3S/c1-31-17-7-4-6-16(14-17)26-24-23-19(12-15(13-20(23)30)21-9-5-11-32-21)29(28-24)25-27-18-8-2-3-10-22(18)33-25/h2-11,14-15H,12-13H2,1H3,(H,26,28). The van der Waals surface area contributed by atoms with E-state index in [0.717, 1.165) is 38.2 Å². The summed E-state index contributed by atoms with van der Waals surface area (Å²) < 4.78 is 13.9. The molecule has 1 unspecified atom stereocenters. The van der Waals surface area contributed by atoms with E-state index in [4.69, 9.17) is 19.2 Å². The first-order chi connectivity index (χ1) is 16.2. The van der Waals surface area contributed by atoms with Crippen molar-refractivity contribution in [2.24, 2.45) is 0 Å². The molecule has 0 radical (unpaired) electrons. The summed E-state index contributed by atoms with van der Waals surface area (Å²) in [6, 6.07) is 19.3. The Kier molecular flexibility index (Phi) is 4.73. The van der Waals surface area contributed by atoms with Crippen LogP contribution in [-0.2, 0) is 6.42 Å². The van der Waals surface area contributed by atoms with Crippen LogP contribution in [0.2, 0.25) is 0 Å². The van der Waals surface area contributed by atoms with E-state index >= 15 is 0 Å². The fraction of sp³-hybridized carbons (Fsp3) is 0.160. The number of carbonyl (C=O) groups is 1. The van der Waals surface area contributed by atoms with Crippen LogP contribution in [0.5, 0.6) is 5.75 Å². The molecular formula is C25H20N4O3S. The molecule has 0 aliphatic heterocycles. The zero-order valence-corrected chi connectivity index (χ0v) is 18.6. The summed E-state index contributed by atoms with van der Waals surface area (Å²) in [5, 5.41) is 8.90. The number of furan rings is 1. The lowest BCUT2D eigenvalue weighted by molar-refractivity contribution is 0.0960. The summed E-state index contributed by atoms with van der Waals surface area (Å²) in [4.78, 5) is 18.2. The maximum absolute atomic E-state index is 13.4. The zero-order chi connectivity index (χ0) is 22.4. The Bertz CT molecular complexity index is 1440. The highest BCUT2D eigenvalue weighted by Crippen LogP contribution is 2.39. The Balaban J connectivity index is 1.48. The van der Waals surface area contributed by atoms with Crippen molar-refractivity contribution in [1.29, 1.82) is 0 Å². The van der Waals surface area contributed by atoms with Crippen molar-refractivity contribution >= 4 is 38.8 Å². The highest BCUT2D eigenvalue weighted by atomic mass is 32.1. The number of para-hydroxylation sites is 1. The molecule has 164 valence electrons. The van der Waals surface area contributed by atoms with Crippen molar-refractivity contribution in [3.05, 3.63) is 83.9 Å². The molecule has 0 amide bonds. The van der Waals surface area contributed by atoms with Crippen molar-refractivity contribution in [3.8, 4) is 10.9 Å². The van der Waals surface area contributed by atoms with Gasteiger partial charge < -0.3 is 14.5 Å². The number of rotatable bonds is 5. The molecule has 6 rings (SSSR count). The minimum atomic E-state index is -0.0329. The molecule has 0 spiro atoms. The average Bonchev–Trinajstić information content (AvgIpc) is 3.58. The van der Waals surface area contributed by atoms with Crippen LogP contribution in [0.25, 0.3) is 15.3 Å². The molecule has 0 saturated carbocycles. The van der Waals surface area contributed by atoms with E-state index in [9.17, 15) is 4.79 Å². The number of hydrogen-bond donors (Lipinski definition) is 1. The first-order valence-electron chi connectivity index (χ1n) is 10.6. The van der Waals surface area contributed by atoms with E-state index in [1.54, 1.807) is 24.7 Å². The van der Waals surface area contributed by atoms with Crippen LogP contribution >= 0.6 is 11.3 Å². The molecule has 0 saturated heterocycles. The third-order valence-corrected chi connectivity index (χ3v) is 6.89. The normalized spacial score (nSPS) is 15.5. The van der Waals surface area contributed by atoms with Crippen LogP contribution < -0.4 is 10.1 Å². The lowest BCUT2D eigenvalue weighted by Crippen LogP contribution is -2.20. The average molecular weight is 457 g/mol. The minimum absolute atomic E-state index is 0.0329. The van der Waals surface area contributed by atoms with E-state index in [2.05, 4.69) is 5.32 Å². The van der Waals surface area contributed by atoms with Gasteiger partial charge in [-0.1, -0.05) is 29.5 Å². The Morgan fingerprint density at radius 1 is 1.12 bits per heavy atom. The number of nitrogens with one attached hydrogen (secondary N) is 1. The highest BCUT2D eigenvalue weighted by molar-refractivity contribution is 7.20. The number of aromatic nitrogens is 3. The van der Waals surface area contributed by atoms with Gasteiger partial charge in [0.25, 0.3) is 0 Å². The number of anilines is 2. The number of carbonyl (C=O) groups excluding carboxylic acids is 1. The Hall–Kier alpha value is -3.91. The van der Waals surface area contributed by atoms with Gasteiger partial charge in [0.1, 0.15) is 11.5 Å². The predicted octanol–water partition coefficient (Wildman–Crippen LogP) is 5.74. The molecule has 8 heteroatoms. The van der Waals surface area contributed by atoms with Crippen molar-refractivity contribution < 1.29 is 13.9 Å². The van der Waals surface area contributed by atoms with Gasteiger partial charge in [0.05, 0.1) is 34.8 Å². The Morgan fingerprint density at radius 3 is 2.85 bits per heavy atom. The number of nitrogens with zero attached hydrogens (tertiary/aromatic N) is 3. The van der Waals surface area contributed by atoms with E-state index in [0.29, 0.717) is 24.2 Å². The summed E-state index contributed by atoms with van der Waals surface area (Å²) >= 11 is 1.56. The number of ketones is 1. The van der Waals surface area contributed by atoms with Crippen LogP contribution in [0.1, 0.15) is 34.2 Å². The number of ether oxygens (including phenoxy) is 1. The van der Waals surface area contributed by atoms with Crippen molar-refractivity contribution in [3.63, 3.8) is 0 Å². The fourth-order valence-corrected chi connectivity index (χ4v) is 5.27. The number of hydrogen-bond acceptors (Lipinski definition) is 7. The third-order valence-electron chi connectivity index (χ3n) is 5.87. The number of methoxy groups -OCH3 is 1. The first-order valence-corrected chi connectivity index (χ1v) is 11.5. The fourth-order valence-electron chi connectivity index (χ4n) is 4.32. The zero-order valence-electron chi connectivity index (χ0n) is 17.8. The van der Waals surface area contributed by atoms with Crippen LogP contribution in [0.3, 0.4) is 0 Å². The first kappa shape index (κ1) is 19.8. The lowest BCUT2D eigenvalue weighted by atomic mass is 9.85. The van der Waals surface area contributed by atoms with Crippen molar-refractivity contribution in [2.45, 2.75) is 18.8 Å². The summed E-state index contributed by atoms with van der Waals surface area (Å²) in [7, 11) is 1.63. The second kappa shape index (κ2) is 7.90. The number of benzene rings is 2. The van der Waals surface area contributed by atoms with Gasteiger partial charge in [-0.15, -0.1) is 5.10 Å². The van der Waals surface area contributed by atoms with Crippen molar-refractivity contribution in [1.82, 2.24) is 14.8 Å².